The van der Waals surface area contributed by atoms with Crippen molar-refractivity contribution in [3.05, 3.63) is 39.6 Å². The molecule has 0 bridgehead atoms. The Morgan fingerprint density at radius 2 is 2.24 bits per heavy atom. The molecule has 6 heteroatoms. The zero-order chi connectivity index (χ0) is 14.8. The lowest BCUT2D eigenvalue weighted by atomic mass is 10.1. The van der Waals surface area contributed by atoms with E-state index in [1.807, 2.05) is 26.0 Å². The molecule has 0 aromatic carbocycles. The molecular formula is C15H20N4OS. The summed E-state index contributed by atoms with van der Waals surface area (Å²) in [5, 5.41) is 3.24. The average molecular weight is 304 g/mol. The average Bonchev–Trinajstić information content (AvgIpc) is 2.83. The first kappa shape index (κ1) is 14.4. The fourth-order valence-electron chi connectivity index (χ4n) is 2.62. The number of thiazole rings is 1. The molecule has 1 aliphatic rings. The zero-order valence-electron chi connectivity index (χ0n) is 12.4. The highest BCUT2D eigenvalue weighted by Gasteiger charge is 2.24. The van der Waals surface area contributed by atoms with E-state index >= 15 is 0 Å². The van der Waals surface area contributed by atoms with Crippen LogP contribution in [0.15, 0.2) is 17.5 Å². The smallest absolute Gasteiger partial charge is 0.112 e. The highest BCUT2D eigenvalue weighted by molar-refractivity contribution is 7.09. The summed E-state index contributed by atoms with van der Waals surface area (Å²) in [6, 6.07) is 3.79. The van der Waals surface area contributed by atoms with Gasteiger partial charge in [0.1, 0.15) is 6.10 Å². The first-order valence-electron chi connectivity index (χ1n) is 7.09. The molecule has 2 aromatic heterocycles. The molecule has 21 heavy (non-hydrogen) atoms. The molecule has 1 aliphatic heterocycles. The number of aromatic nitrogens is 2. The number of morpholine rings is 1. The van der Waals surface area contributed by atoms with E-state index in [0.717, 1.165) is 47.4 Å². The van der Waals surface area contributed by atoms with Crippen LogP contribution in [0.5, 0.6) is 0 Å². The maximum absolute atomic E-state index is 5.91. The summed E-state index contributed by atoms with van der Waals surface area (Å²) in [7, 11) is 0. The van der Waals surface area contributed by atoms with Crippen molar-refractivity contribution in [2.24, 2.45) is 0 Å². The van der Waals surface area contributed by atoms with Gasteiger partial charge in [0.25, 0.3) is 0 Å². The van der Waals surface area contributed by atoms with Gasteiger partial charge in [-0.25, -0.2) is 4.98 Å². The van der Waals surface area contributed by atoms with Crippen LogP contribution in [0.2, 0.25) is 0 Å². The summed E-state index contributed by atoms with van der Waals surface area (Å²) in [4.78, 5) is 11.5. The first-order valence-corrected chi connectivity index (χ1v) is 7.97. The van der Waals surface area contributed by atoms with Gasteiger partial charge in [-0.2, -0.15) is 0 Å². The van der Waals surface area contributed by atoms with Crippen LogP contribution in [0.25, 0.3) is 0 Å². The van der Waals surface area contributed by atoms with E-state index in [1.54, 1.807) is 11.3 Å². The normalized spacial score (nSPS) is 19.8. The van der Waals surface area contributed by atoms with Gasteiger partial charge in [0.05, 0.1) is 23.0 Å². The lowest BCUT2D eigenvalue weighted by Crippen LogP contribution is -2.38. The predicted molar refractivity (Wildman–Crippen MR) is 84.2 cm³/mol. The van der Waals surface area contributed by atoms with E-state index in [-0.39, 0.29) is 6.10 Å². The van der Waals surface area contributed by atoms with E-state index in [1.165, 1.54) is 0 Å². The Morgan fingerprint density at radius 3 is 2.95 bits per heavy atom. The Hall–Kier alpha value is -1.50. The number of pyridine rings is 1. The number of nitrogens with zero attached hydrogens (tertiary/aromatic N) is 3. The van der Waals surface area contributed by atoms with Crippen molar-refractivity contribution >= 4 is 17.0 Å². The summed E-state index contributed by atoms with van der Waals surface area (Å²) < 4.78 is 5.87. The quantitative estimate of drug-likeness (QED) is 0.942. The largest absolute Gasteiger partial charge is 0.399 e. The van der Waals surface area contributed by atoms with Crippen molar-refractivity contribution in [3.63, 3.8) is 0 Å². The molecule has 0 radical (unpaired) electrons. The lowest BCUT2D eigenvalue weighted by molar-refractivity contribution is -0.0353. The summed E-state index contributed by atoms with van der Waals surface area (Å²) in [6.45, 7) is 7.32. The molecule has 1 fully saturated rings. The SMILES string of the molecule is Cc1cc(N)cc(C2CN(Cc3csc(C)n3)CCO2)n1. The molecule has 2 N–H and O–H groups in total. The number of hydrogen-bond acceptors (Lipinski definition) is 6. The van der Waals surface area contributed by atoms with E-state index in [0.29, 0.717) is 6.61 Å². The van der Waals surface area contributed by atoms with Crippen molar-refractivity contribution in [1.29, 1.82) is 0 Å². The van der Waals surface area contributed by atoms with Crippen molar-refractivity contribution in [2.75, 3.05) is 25.4 Å². The van der Waals surface area contributed by atoms with E-state index < -0.39 is 0 Å². The Bertz CT molecular complexity index is 608. The summed E-state index contributed by atoms with van der Waals surface area (Å²) in [6.07, 6.45) is -0.0133. The number of rotatable bonds is 3. The van der Waals surface area contributed by atoms with Gasteiger partial charge in [-0.1, -0.05) is 0 Å². The van der Waals surface area contributed by atoms with Gasteiger partial charge in [0.2, 0.25) is 0 Å². The van der Waals surface area contributed by atoms with E-state index in [2.05, 4.69) is 20.2 Å². The van der Waals surface area contributed by atoms with Crippen LogP contribution in [0.1, 0.15) is 28.2 Å². The predicted octanol–water partition coefficient (Wildman–Crippen LogP) is 2.31. The van der Waals surface area contributed by atoms with Gasteiger partial charge in [0, 0.05) is 36.4 Å². The second kappa shape index (κ2) is 6.09. The van der Waals surface area contributed by atoms with Crippen LogP contribution < -0.4 is 5.73 Å². The Labute approximate surface area is 128 Å². The molecular weight excluding hydrogens is 284 g/mol. The van der Waals surface area contributed by atoms with Crippen molar-refractivity contribution in [2.45, 2.75) is 26.5 Å². The Kier molecular flexibility index (Phi) is 4.19. The number of anilines is 1. The first-order chi connectivity index (χ1) is 10.1. The molecule has 0 amide bonds. The zero-order valence-corrected chi connectivity index (χ0v) is 13.2. The summed E-state index contributed by atoms with van der Waals surface area (Å²) >= 11 is 1.70. The maximum Gasteiger partial charge on any atom is 0.112 e. The molecule has 1 saturated heterocycles. The molecule has 0 spiro atoms. The van der Waals surface area contributed by atoms with Crippen LogP contribution in [0, 0.1) is 13.8 Å². The lowest BCUT2D eigenvalue weighted by Gasteiger charge is -2.32. The van der Waals surface area contributed by atoms with Gasteiger partial charge in [-0.15, -0.1) is 11.3 Å². The molecule has 0 saturated carbocycles. The molecule has 112 valence electrons. The third-order valence-corrected chi connectivity index (χ3v) is 4.35. The van der Waals surface area contributed by atoms with Gasteiger partial charge < -0.3 is 10.5 Å². The van der Waals surface area contributed by atoms with Crippen LogP contribution in [-0.2, 0) is 11.3 Å². The van der Waals surface area contributed by atoms with Crippen LogP contribution >= 0.6 is 11.3 Å². The second-order valence-corrected chi connectivity index (χ2v) is 6.48. The third kappa shape index (κ3) is 3.58. The standard InChI is InChI=1S/C15H20N4OS/c1-10-5-12(16)6-14(17-10)15-8-19(3-4-20-15)7-13-9-21-11(2)18-13/h5-6,9,15H,3-4,7-8H2,1-2H3,(H2,16,17). The van der Waals surface area contributed by atoms with Crippen LogP contribution in [0.3, 0.4) is 0 Å². The van der Waals surface area contributed by atoms with Gasteiger partial charge in [-0.05, 0) is 26.0 Å². The number of nitrogens with two attached hydrogens (primary N) is 1. The summed E-state index contributed by atoms with van der Waals surface area (Å²) in [5.74, 6) is 0. The van der Waals surface area contributed by atoms with Gasteiger partial charge in [0.15, 0.2) is 0 Å². The molecule has 3 rings (SSSR count). The van der Waals surface area contributed by atoms with E-state index in [4.69, 9.17) is 10.5 Å². The minimum atomic E-state index is -0.0133. The highest BCUT2D eigenvalue weighted by atomic mass is 32.1. The van der Waals surface area contributed by atoms with Gasteiger partial charge >= 0.3 is 0 Å². The van der Waals surface area contributed by atoms with Crippen molar-refractivity contribution < 1.29 is 4.74 Å². The molecule has 1 atom stereocenters. The minimum absolute atomic E-state index is 0.0133. The number of hydrogen-bond donors (Lipinski definition) is 1. The summed E-state index contributed by atoms with van der Waals surface area (Å²) in [5.41, 5.74) is 9.64. The number of aryl methyl sites for hydroxylation is 2. The van der Waals surface area contributed by atoms with Crippen LogP contribution in [0.4, 0.5) is 5.69 Å². The Balaban J connectivity index is 1.70. The number of ether oxygens (including phenoxy) is 1. The monoisotopic (exact) mass is 304 g/mol. The molecule has 0 aliphatic carbocycles. The van der Waals surface area contributed by atoms with Gasteiger partial charge in [-0.3, -0.25) is 9.88 Å². The molecule has 3 heterocycles. The number of nitrogen functional groups attached to an aromatic ring is 1. The van der Waals surface area contributed by atoms with Crippen molar-refractivity contribution in [1.82, 2.24) is 14.9 Å². The Morgan fingerprint density at radius 1 is 1.38 bits per heavy atom. The second-order valence-electron chi connectivity index (χ2n) is 5.42. The van der Waals surface area contributed by atoms with Crippen molar-refractivity contribution in [3.8, 4) is 0 Å². The molecule has 5 nitrogen and oxygen atoms in total. The molecule has 2 aromatic rings. The third-order valence-electron chi connectivity index (χ3n) is 3.53. The molecule has 1 unspecified atom stereocenters. The fraction of sp³-hybridized carbons (Fsp3) is 0.467. The topological polar surface area (TPSA) is 64.3 Å². The highest BCUT2D eigenvalue weighted by Crippen LogP contribution is 2.24. The fourth-order valence-corrected chi connectivity index (χ4v) is 3.23. The van der Waals surface area contributed by atoms with Crippen LogP contribution in [-0.4, -0.2) is 34.6 Å². The maximum atomic E-state index is 5.91. The van der Waals surface area contributed by atoms with E-state index in [9.17, 15) is 0 Å². The minimum Gasteiger partial charge on any atom is -0.399 e.